The van der Waals surface area contributed by atoms with E-state index in [1.165, 1.54) is 31.4 Å². The van der Waals surface area contributed by atoms with Gasteiger partial charge in [0.2, 0.25) is 0 Å². The van der Waals surface area contributed by atoms with Crippen molar-refractivity contribution in [1.29, 1.82) is 5.26 Å². The summed E-state index contributed by atoms with van der Waals surface area (Å²) in [6.45, 7) is 0. The highest BCUT2D eigenvalue weighted by atomic mass is 16.5. The number of aromatic hydroxyl groups is 1. The molecule has 3 N–H and O–H groups in total. The molecule has 0 aliphatic heterocycles. The molecule has 2 unspecified atom stereocenters. The lowest BCUT2D eigenvalue weighted by Gasteiger charge is -2.15. The largest absolute Gasteiger partial charge is 0.508 e. The van der Waals surface area contributed by atoms with Gasteiger partial charge in [-0.1, -0.05) is 0 Å². The summed E-state index contributed by atoms with van der Waals surface area (Å²) in [6.07, 6.45) is -2.96. The predicted octanol–water partition coefficient (Wildman–Crippen LogP) is 0.319. The molecule has 0 aliphatic rings. The van der Waals surface area contributed by atoms with Crippen LogP contribution >= 0.6 is 0 Å². The number of nitriles is 1. The van der Waals surface area contributed by atoms with Crippen LogP contribution in [0.3, 0.4) is 0 Å². The Morgan fingerprint density at radius 3 is 2.60 bits per heavy atom. The Morgan fingerprint density at radius 2 is 2.07 bits per heavy atom. The second-order valence-corrected chi connectivity index (χ2v) is 2.95. The fourth-order valence-corrected chi connectivity index (χ4v) is 1.19. The standard InChI is InChI=1S/C10H11NO4/c1-15-9-3-2-6(12)4-7(9)10(14)8(13)5-11/h2-4,8,10,12-14H,1H3. The lowest BCUT2D eigenvalue weighted by molar-refractivity contribution is 0.0509. The summed E-state index contributed by atoms with van der Waals surface area (Å²) in [5, 5.41) is 36.3. The minimum absolute atomic E-state index is 0.0741. The van der Waals surface area contributed by atoms with Crippen LogP contribution in [-0.4, -0.2) is 28.5 Å². The highest BCUT2D eigenvalue weighted by Gasteiger charge is 2.21. The van der Waals surface area contributed by atoms with Gasteiger partial charge in [0.25, 0.3) is 0 Å². The van der Waals surface area contributed by atoms with Gasteiger partial charge in [-0.05, 0) is 18.2 Å². The van der Waals surface area contributed by atoms with E-state index >= 15 is 0 Å². The van der Waals surface area contributed by atoms with E-state index < -0.39 is 12.2 Å². The maximum absolute atomic E-state index is 9.56. The molecule has 0 radical (unpaired) electrons. The molecule has 0 spiro atoms. The Labute approximate surface area is 86.8 Å². The first-order chi connectivity index (χ1) is 7.10. The first-order valence-corrected chi connectivity index (χ1v) is 4.22. The summed E-state index contributed by atoms with van der Waals surface area (Å²) < 4.78 is 4.92. The summed E-state index contributed by atoms with van der Waals surface area (Å²) in [4.78, 5) is 0. The van der Waals surface area contributed by atoms with Gasteiger partial charge in [0.1, 0.15) is 17.6 Å². The van der Waals surface area contributed by atoms with Crippen LogP contribution in [0.5, 0.6) is 11.5 Å². The van der Waals surface area contributed by atoms with E-state index in [-0.39, 0.29) is 11.3 Å². The van der Waals surface area contributed by atoms with Crippen LogP contribution in [0.1, 0.15) is 11.7 Å². The Bertz CT molecular complexity index is 385. The zero-order valence-electron chi connectivity index (χ0n) is 8.08. The van der Waals surface area contributed by atoms with Gasteiger partial charge in [-0.25, -0.2) is 0 Å². The van der Waals surface area contributed by atoms with E-state index in [1.807, 2.05) is 0 Å². The van der Waals surface area contributed by atoms with Gasteiger partial charge >= 0.3 is 0 Å². The Balaban J connectivity index is 3.12. The molecule has 1 rings (SSSR count). The summed E-state index contributed by atoms with van der Waals surface area (Å²) in [5.74, 6) is 0.226. The molecule has 0 bridgehead atoms. The van der Waals surface area contributed by atoms with E-state index in [0.29, 0.717) is 5.75 Å². The number of aliphatic hydroxyl groups is 2. The van der Waals surface area contributed by atoms with Crippen molar-refractivity contribution in [2.24, 2.45) is 0 Å². The molecule has 0 fully saturated rings. The normalized spacial score (nSPS) is 14.0. The monoisotopic (exact) mass is 209 g/mol. The number of hydrogen-bond donors (Lipinski definition) is 3. The van der Waals surface area contributed by atoms with Gasteiger partial charge < -0.3 is 20.1 Å². The van der Waals surface area contributed by atoms with Crippen molar-refractivity contribution in [1.82, 2.24) is 0 Å². The highest BCUT2D eigenvalue weighted by Crippen LogP contribution is 2.30. The molecule has 0 aromatic heterocycles. The molecular formula is C10H11NO4. The molecule has 5 heteroatoms. The van der Waals surface area contributed by atoms with Gasteiger partial charge in [0.15, 0.2) is 6.10 Å². The Hall–Kier alpha value is -1.77. The molecule has 1 aromatic carbocycles. The third kappa shape index (κ3) is 2.37. The molecule has 5 nitrogen and oxygen atoms in total. The molecule has 0 saturated carbocycles. The SMILES string of the molecule is COc1ccc(O)cc1C(O)C(O)C#N. The van der Waals surface area contributed by atoms with Crippen molar-refractivity contribution >= 4 is 0 Å². The van der Waals surface area contributed by atoms with Gasteiger partial charge in [-0.15, -0.1) is 0 Å². The quantitative estimate of drug-likeness (QED) is 0.623. The third-order valence-corrected chi connectivity index (χ3v) is 1.96. The molecule has 0 heterocycles. The van der Waals surface area contributed by atoms with Gasteiger partial charge in [-0.3, -0.25) is 0 Å². The second-order valence-electron chi connectivity index (χ2n) is 2.95. The van der Waals surface area contributed by atoms with E-state index in [4.69, 9.17) is 15.1 Å². The second kappa shape index (κ2) is 4.64. The molecule has 0 saturated heterocycles. The molecule has 0 amide bonds. The molecule has 0 aliphatic carbocycles. The molecule has 15 heavy (non-hydrogen) atoms. The molecule has 2 atom stereocenters. The number of ether oxygens (including phenoxy) is 1. The summed E-state index contributed by atoms with van der Waals surface area (Å²) in [6, 6.07) is 5.57. The third-order valence-electron chi connectivity index (χ3n) is 1.96. The fraction of sp³-hybridized carbons (Fsp3) is 0.300. The minimum Gasteiger partial charge on any atom is -0.508 e. The average molecular weight is 209 g/mol. The zero-order chi connectivity index (χ0) is 11.4. The lowest BCUT2D eigenvalue weighted by atomic mass is 10.0. The molecular weight excluding hydrogens is 198 g/mol. The van der Waals surface area contributed by atoms with Crippen LogP contribution in [0.2, 0.25) is 0 Å². The first kappa shape index (κ1) is 11.3. The maximum Gasteiger partial charge on any atom is 0.170 e. The van der Waals surface area contributed by atoms with Crippen molar-refractivity contribution in [3.63, 3.8) is 0 Å². The number of rotatable bonds is 3. The number of nitrogens with zero attached hydrogens (tertiary/aromatic N) is 1. The van der Waals surface area contributed by atoms with Crippen LogP contribution in [0, 0.1) is 11.3 Å². The fourth-order valence-electron chi connectivity index (χ4n) is 1.19. The number of aliphatic hydroxyl groups excluding tert-OH is 2. The van der Waals surface area contributed by atoms with Crippen LogP contribution in [0.4, 0.5) is 0 Å². The van der Waals surface area contributed by atoms with E-state index in [9.17, 15) is 10.2 Å². The number of benzene rings is 1. The topological polar surface area (TPSA) is 93.7 Å². The summed E-state index contributed by atoms with van der Waals surface area (Å²) in [7, 11) is 1.39. The Morgan fingerprint density at radius 1 is 1.40 bits per heavy atom. The van der Waals surface area contributed by atoms with Crippen molar-refractivity contribution in [2.75, 3.05) is 7.11 Å². The van der Waals surface area contributed by atoms with Crippen molar-refractivity contribution in [2.45, 2.75) is 12.2 Å². The van der Waals surface area contributed by atoms with E-state index in [2.05, 4.69) is 0 Å². The summed E-state index contributed by atoms with van der Waals surface area (Å²) >= 11 is 0. The summed E-state index contributed by atoms with van der Waals surface area (Å²) in [5.41, 5.74) is 0.173. The van der Waals surface area contributed by atoms with Gasteiger partial charge in [-0.2, -0.15) is 5.26 Å². The zero-order valence-corrected chi connectivity index (χ0v) is 8.08. The van der Waals surface area contributed by atoms with E-state index in [1.54, 1.807) is 0 Å². The number of phenolic OH excluding ortho intramolecular Hbond substituents is 1. The molecule has 1 aromatic rings. The lowest BCUT2D eigenvalue weighted by Crippen LogP contribution is -2.16. The van der Waals surface area contributed by atoms with Crippen LogP contribution in [0.25, 0.3) is 0 Å². The Kier molecular flexibility index (Phi) is 3.50. The minimum atomic E-state index is -1.55. The number of phenols is 1. The predicted molar refractivity (Wildman–Crippen MR) is 51.2 cm³/mol. The van der Waals surface area contributed by atoms with Crippen molar-refractivity contribution < 1.29 is 20.1 Å². The first-order valence-electron chi connectivity index (χ1n) is 4.22. The van der Waals surface area contributed by atoms with Crippen LogP contribution in [0.15, 0.2) is 18.2 Å². The van der Waals surface area contributed by atoms with Gasteiger partial charge in [0.05, 0.1) is 13.2 Å². The van der Waals surface area contributed by atoms with Crippen molar-refractivity contribution in [3.05, 3.63) is 23.8 Å². The average Bonchev–Trinajstić information content (AvgIpc) is 2.27. The highest BCUT2D eigenvalue weighted by molar-refractivity contribution is 5.41. The van der Waals surface area contributed by atoms with Gasteiger partial charge in [0, 0.05) is 5.56 Å². The number of methoxy groups -OCH3 is 1. The van der Waals surface area contributed by atoms with Crippen LogP contribution < -0.4 is 4.74 Å². The maximum atomic E-state index is 9.56. The van der Waals surface area contributed by atoms with E-state index in [0.717, 1.165) is 0 Å². The van der Waals surface area contributed by atoms with Crippen molar-refractivity contribution in [3.8, 4) is 17.6 Å². The smallest absolute Gasteiger partial charge is 0.170 e. The van der Waals surface area contributed by atoms with Crippen LogP contribution in [-0.2, 0) is 0 Å². The number of hydrogen-bond acceptors (Lipinski definition) is 5. The molecule has 80 valence electrons.